The lowest BCUT2D eigenvalue weighted by Crippen LogP contribution is -2.28. The molecule has 0 radical (unpaired) electrons. The van der Waals surface area contributed by atoms with Crippen LogP contribution in [-0.2, 0) is 23.8 Å². The standard InChI is InChI=1S/C42H78O5S/c1-4-6-8-10-12-14-16-18-20-22-24-26-28-30-36-45-38-41(39-47-48(43,44)42-34-32-40(3)33-35-42)46-37-31-29-27-25-23-21-19-17-15-13-11-9-7-5-2/h32-35,41H,4-31,36-39H2,1-3H3/t41-/m1/s1. The molecule has 0 saturated carbocycles. The quantitative estimate of drug-likeness (QED) is 0.0512. The van der Waals surface area contributed by atoms with Crippen molar-refractivity contribution < 1.29 is 22.1 Å². The van der Waals surface area contributed by atoms with Crippen molar-refractivity contribution in [3.05, 3.63) is 29.8 Å². The van der Waals surface area contributed by atoms with E-state index in [4.69, 9.17) is 13.7 Å². The van der Waals surface area contributed by atoms with Gasteiger partial charge >= 0.3 is 0 Å². The average molecular weight is 695 g/mol. The molecule has 0 bridgehead atoms. The van der Waals surface area contributed by atoms with E-state index < -0.39 is 10.1 Å². The molecular formula is C42H78O5S. The molecule has 0 aromatic heterocycles. The van der Waals surface area contributed by atoms with E-state index in [1.54, 1.807) is 24.3 Å². The number of unbranched alkanes of at least 4 members (excludes halogenated alkanes) is 26. The molecular weight excluding hydrogens is 617 g/mol. The van der Waals surface area contributed by atoms with E-state index in [0.717, 1.165) is 24.8 Å². The summed E-state index contributed by atoms with van der Waals surface area (Å²) in [7, 11) is -3.83. The molecule has 6 heteroatoms. The molecule has 0 aliphatic carbocycles. The number of hydrogen-bond acceptors (Lipinski definition) is 5. The van der Waals surface area contributed by atoms with Crippen LogP contribution in [0.3, 0.4) is 0 Å². The van der Waals surface area contributed by atoms with Gasteiger partial charge < -0.3 is 9.47 Å². The normalized spacial score (nSPS) is 12.6. The van der Waals surface area contributed by atoms with E-state index in [2.05, 4.69) is 13.8 Å². The summed E-state index contributed by atoms with van der Waals surface area (Å²) in [6.07, 6.45) is 36.8. The van der Waals surface area contributed by atoms with Gasteiger partial charge in [-0.15, -0.1) is 0 Å². The van der Waals surface area contributed by atoms with Crippen LogP contribution in [-0.4, -0.2) is 40.9 Å². The van der Waals surface area contributed by atoms with Crippen LogP contribution in [0.4, 0.5) is 0 Å². The summed E-state index contributed by atoms with van der Waals surface area (Å²) in [6.45, 7) is 8.13. The monoisotopic (exact) mass is 695 g/mol. The molecule has 0 N–H and O–H groups in total. The molecule has 0 aliphatic rings. The van der Waals surface area contributed by atoms with Crippen LogP contribution < -0.4 is 0 Å². The third kappa shape index (κ3) is 27.8. The first kappa shape index (κ1) is 45.1. The maximum atomic E-state index is 12.8. The first-order valence-electron chi connectivity index (χ1n) is 20.6. The summed E-state index contributed by atoms with van der Waals surface area (Å²) in [5, 5.41) is 0. The van der Waals surface area contributed by atoms with Crippen LogP contribution in [0.2, 0.25) is 0 Å². The van der Waals surface area contributed by atoms with Crippen molar-refractivity contribution in [2.75, 3.05) is 26.4 Å². The summed E-state index contributed by atoms with van der Waals surface area (Å²) in [4.78, 5) is 0.183. The fourth-order valence-electron chi connectivity index (χ4n) is 6.24. The molecule has 0 amide bonds. The number of benzene rings is 1. The van der Waals surface area contributed by atoms with Gasteiger partial charge in [0.25, 0.3) is 10.1 Å². The number of ether oxygens (including phenoxy) is 2. The lowest BCUT2D eigenvalue weighted by molar-refractivity contribution is -0.0379. The van der Waals surface area contributed by atoms with E-state index in [1.165, 1.54) is 161 Å². The highest BCUT2D eigenvalue weighted by Gasteiger charge is 2.19. The van der Waals surface area contributed by atoms with E-state index in [-0.39, 0.29) is 17.6 Å². The first-order chi connectivity index (χ1) is 23.5. The SMILES string of the molecule is CCCCCCCCCCCCCCCCOC[C@H](COS(=O)(=O)c1ccc(C)cc1)OCCCCCCCCCCCCCCCC. The lowest BCUT2D eigenvalue weighted by Gasteiger charge is -2.18. The van der Waals surface area contributed by atoms with E-state index in [9.17, 15) is 8.42 Å². The van der Waals surface area contributed by atoms with Crippen molar-refractivity contribution in [2.45, 2.75) is 212 Å². The number of aryl methyl sites for hydroxylation is 1. The Labute approximate surface area is 299 Å². The Morgan fingerprint density at radius 1 is 0.479 bits per heavy atom. The molecule has 1 aromatic carbocycles. The third-order valence-corrected chi connectivity index (χ3v) is 10.8. The zero-order valence-electron chi connectivity index (χ0n) is 32.0. The van der Waals surface area contributed by atoms with Crippen molar-refractivity contribution in [3.63, 3.8) is 0 Å². The number of hydrogen-bond donors (Lipinski definition) is 0. The molecule has 0 heterocycles. The minimum Gasteiger partial charge on any atom is -0.379 e. The van der Waals surface area contributed by atoms with Gasteiger partial charge in [-0.3, -0.25) is 4.18 Å². The van der Waals surface area contributed by atoms with Gasteiger partial charge in [0.15, 0.2) is 0 Å². The Hall–Kier alpha value is -0.950. The van der Waals surface area contributed by atoms with E-state index in [1.807, 2.05) is 6.92 Å². The molecule has 0 fully saturated rings. The van der Waals surface area contributed by atoms with Crippen molar-refractivity contribution >= 4 is 10.1 Å². The second-order valence-corrected chi connectivity index (χ2v) is 15.9. The minimum atomic E-state index is -3.83. The summed E-state index contributed by atoms with van der Waals surface area (Å²) in [5.74, 6) is 0. The Bertz CT molecular complexity index is 901. The topological polar surface area (TPSA) is 61.8 Å². The molecule has 0 spiro atoms. The minimum absolute atomic E-state index is 0.0203. The summed E-state index contributed by atoms with van der Waals surface area (Å²) in [5.41, 5.74) is 1.01. The van der Waals surface area contributed by atoms with Crippen LogP contribution in [0.5, 0.6) is 0 Å². The zero-order chi connectivity index (χ0) is 34.8. The van der Waals surface area contributed by atoms with Crippen LogP contribution in [0.15, 0.2) is 29.2 Å². The molecule has 5 nitrogen and oxygen atoms in total. The Morgan fingerprint density at radius 2 is 0.833 bits per heavy atom. The van der Waals surface area contributed by atoms with E-state index in [0.29, 0.717) is 19.8 Å². The van der Waals surface area contributed by atoms with Crippen molar-refractivity contribution in [1.82, 2.24) is 0 Å². The van der Waals surface area contributed by atoms with Gasteiger partial charge in [0.2, 0.25) is 0 Å². The van der Waals surface area contributed by atoms with E-state index >= 15 is 0 Å². The molecule has 282 valence electrons. The molecule has 0 unspecified atom stereocenters. The van der Waals surface area contributed by atoms with Gasteiger partial charge in [-0.2, -0.15) is 8.42 Å². The van der Waals surface area contributed by atoms with Gasteiger partial charge in [-0.1, -0.05) is 198 Å². The second-order valence-electron chi connectivity index (χ2n) is 14.3. The highest BCUT2D eigenvalue weighted by atomic mass is 32.2. The van der Waals surface area contributed by atoms with Crippen LogP contribution >= 0.6 is 0 Å². The summed E-state index contributed by atoms with van der Waals surface area (Å²) < 4.78 is 43.0. The maximum absolute atomic E-state index is 12.8. The van der Waals surface area contributed by atoms with Gasteiger partial charge in [0.05, 0.1) is 18.1 Å². The van der Waals surface area contributed by atoms with Gasteiger partial charge in [-0.25, -0.2) is 0 Å². The smallest absolute Gasteiger partial charge is 0.297 e. The molecule has 1 atom stereocenters. The zero-order valence-corrected chi connectivity index (χ0v) is 32.8. The van der Waals surface area contributed by atoms with Crippen LogP contribution in [0.25, 0.3) is 0 Å². The predicted molar refractivity (Wildman–Crippen MR) is 205 cm³/mol. The Kier molecular flexibility index (Phi) is 31.2. The molecule has 0 saturated heterocycles. The highest BCUT2D eigenvalue weighted by Crippen LogP contribution is 2.17. The Morgan fingerprint density at radius 3 is 1.23 bits per heavy atom. The van der Waals surface area contributed by atoms with Crippen molar-refractivity contribution in [2.24, 2.45) is 0 Å². The van der Waals surface area contributed by atoms with Gasteiger partial charge in [0, 0.05) is 13.2 Å². The lowest BCUT2D eigenvalue weighted by atomic mass is 10.0. The molecule has 48 heavy (non-hydrogen) atoms. The third-order valence-electron chi connectivity index (χ3n) is 9.52. The summed E-state index contributed by atoms with van der Waals surface area (Å²) >= 11 is 0. The highest BCUT2D eigenvalue weighted by molar-refractivity contribution is 7.86. The second kappa shape index (κ2) is 33.2. The molecule has 0 aliphatic heterocycles. The largest absolute Gasteiger partial charge is 0.379 e. The van der Waals surface area contributed by atoms with Crippen molar-refractivity contribution in [1.29, 1.82) is 0 Å². The van der Waals surface area contributed by atoms with Crippen molar-refractivity contribution in [3.8, 4) is 0 Å². The Balaban J connectivity index is 2.19. The fraction of sp³-hybridized carbons (Fsp3) is 0.857. The fourth-order valence-corrected chi connectivity index (χ4v) is 7.18. The summed E-state index contributed by atoms with van der Waals surface area (Å²) in [6, 6.07) is 6.78. The molecule has 1 rings (SSSR count). The van der Waals surface area contributed by atoms with Crippen LogP contribution in [0, 0.1) is 6.92 Å². The predicted octanol–water partition coefficient (Wildman–Crippen LogP) is 13.1. The molecule has 1 aromatic rings. The average Bonchev–Trinajstić information content (AvgIpc) is 3.08. The maximum Gasteiger partial charge on any atom is 0.297 e. The van der Waals surface area contributed by atoms with Gasteiger partial charge in [-0.05, 0) is 31.9 Å². The van der Waals surface area contributed by atoms with Crippen LogP contribution in [0.1, 0.15) is 199 Å². The number of rotatable bonds is 37. The van der Waals surface area contributed by atoms with Gasteiger partial charge in [0.1, 0.15) is 6.10 Å². The first-order valence-corrected chi connectivity index (χ1v) is 22.1.